The van der Waals surface area contributed by atoms with E-state index in [-0.39, 0.29) is 4.90 Å². The van der Waals surface area contributed by atoms with Crippen LogP contribution in [0, 0.1) is 0 Å². The average molecular weight is 469 g/mol. The zero-order valence-electron chi connectivity index (χ0n) is 17.8. The third-order valence-corrected chi connectivity index (χ3v) is 7.02. The molecule has 11 heteroatoms. The van der Waals surface area contributed by atoms with Gasteiger partial charge in [0, 0.05) is 19.7 Å². The van der Waals surface area contributed by atoms with E-state index in [9.17, 15) is 21.6 Å². The summed E-state index contributed by atoms with van der Waals surface area (Å²) in [7, 11) is -2.04. The van der Waals surface area contributed by atoms with Crippen LogP contribution in [0.5, 0.6) is 5.75 Å². The second kappa shape index (κ2) is 7.96. The number of halogens is 3. The highest BCUT2D eigenvalue weighted by Gasteiger charge is 2.32. The zero-order chi connectivity index (χ0) is 23.3. The lowest BCUT2D eigenvalue weighted by atomic mass is 10.2. The maximum absolute atomic E-state index is 13.1. The monoisotopic (exact) mass is 468 g/mol. The molecule has 0 spiro atoms. The lowest BCUT2D eigenvalue weighted by molar-refractivity contribution is -0.137. The Balaban J connectivity index is 1.66. The molecule has 0 amide bonds. The van der Waals surface area contributed by atoms with Crippen LogP contribution in [-0.4, -0.2) is 38.2 Å². The smallest absolute Gasteiger partial charge is 0.416 e. The largest absolute Gasteiger partial charge is 0.490 e. The molecule has 0 radical (unpaired) electrons. The number of imidazole rings is 1. The van der Waals surface area contributed by atoms with Gasteiger partial charge >= 0.3 is 6.18 Å². The number of alkyl halides is 3. The number of hydrogen-bond donors (Lipinski definition) is 1. The fourth-order valence-corrected chi connectivity index (χ4v) is 5.06. The highest BCUT2D eigenvalue weighted by atomic mass is 32.2. The van der Waals surface area contributed by atoms with Crippen molar-refractivity contribution in [3.8, 4) is 5.75 Å². The minimum absolute atomic E-state index is 0.0388. The first-order valence-electron chi connectivity index (χ1n) is 10.1. The summed E-state index contributed by atoms with van der Waals surface area (Å²) >= 11 is 0. The number of benzene rings is 2. The van der Waals surface area contributed by atoms with E-state index >= 15 is 0 Å². The predicted molar refractivity (Wildman–Crippen MR) is 114 cm³/mol. The molecule has 7 nitrogen and oxygen atoms in total. The number of fused-ring (bicyclic) bond motifs is 2. The molecule has 1 aromatic heterocycles. The summed E-state index contributed by atoms with van der Waals surface area (Å²) in [5.74, 6) is 0.814. The van der Waals surface area contributed by atoms with Gasteiger partial charge in [-0.3, -0.25) is 0 Å². The molecule has 3 aromatic rings. The van der Waals surface area contributed by atoms with Crippen LogP contribution in [0.4, 0.5) is 18.9 Å². The summed E-state index contributed by atoms with van der Waals surface area (Å²) in [6.45, 7) is 4.87. The lowest BCUT2D eigenvalue weighted by Gasteiger charge is -2.28. The predicted octanol–water partition coefficient (Wildman–Crippen LogP) is 3.94. The molecular weight excluding hydrogens is 445 g/mol. The fraction of sp³-hybridized carbons (Fsp3) is 0.381. The second-order valence-corrected chi connectivity index (χ2v) is 9.37. The summed E-state index contributed by atoms with van der Waals surface area (Å²) in [6.07, 6.45) is -4.48. The Hall–Kier alpha value is -2.79. The first kappa shape index (κ1) is 22.4. The summed E-state index contributed by atoms with van der Waals surface area (Å²) in [6, 6.07) is 7.18. The summed E-state index contributed by atoms with van der Waals surface area (Å²) < 4.78 is 75.2. The van der Waals surface area contributed by atoms with Gasteiger partial charge in [-0.05, 0) is 44.2 Å². The third-order valence-electron chi connectivity index (χ3n) is 5.48. The van der Waals surface area contributed by atoms with Gasteiger partial charge in [-0.25, -0.2) is 18.1 Å². The molecule has 0 saturated heterocycles. The maximum Gasteiger partial charge on any atom is 0.416 e. The third kappa shape index (κ3) is 4.02. The minimum atomic E-state index is -4.48. The fourth-order valence-electron chi connectivity index (χ4n) is 3.84. The number of aryl methyl sites for hydroxylation is 1. The van der Waals surface area contributed by atoms with Gasteiger partial charge in [-0.15, -0.1) is 0 Å². The van der Waals surface area contributed by atoms with E-state index < -0.39 is 27.8 Å². The Bertz CT molecular complexity index is 1270. The molecule has 1 aliphatic rings. The van der Waals surface area contributed by atoms with Gasteiger partial charge in [-0.1, -0.05) is 0 Å². The number of nitrogens with one attached hydrogen (secondary N) is 1. The van der Waals surface area contributed by atoms with Gasteiger partial charge in [0.2, 0.25) is 10.0 Å². The van der Waals surface area contributed by atoms with Crippen LogP contribution in [0.15, 0.2) is 41.3 Å². The van der Waals surface area contributed by atoms with Crippen LogP contribution in [0.2, 0.25) is 0 Å². The van der Waals surface area contributed by atoms with Crippen molar-refractivity contribution in [1.82, 2.24) is 14.3 Å². The normalized spacial score (nSPS) is 15.5. The molecule has 32 heavy (non-hydrogen) atoms. The van der Waals surface area contributed by atoms with Crippen LogP contribution in [-0.2, 0) is 22.7 Å². The molecule has 4 rings (SSSR count). The number of rotatable bonds is 5. The average Bonchev–Trinajstić information content (AvgIpc) is 3.11. The van der Waals surface area contributed by atoms with Crippen molar-refractivity contribution in [2.24, 2.45) is 0 Å². The van der Waals surface area contributed by atoms with Gasteiger partial charge in [0.05, 0.1) is 39.8 Å². The van der Waals surface area contributed by atoms with Crippen molar-refractivity contribution in [2.75, 3.05) is 25.1 Å². The summed E-state index contributed by atoms with van der Waals surface area (Å²) in [5.41, 5.74) is 0.689. The molecule has 1 atom stereocenters. The van der Waals surface area contributed by atoms with Crippen LogP contribution < -0.4 is 14.4 Å². The number of hydrogen-bond acceptors (Lipinski definition) is 5. The molecule has 2 aromatic carbocycles. The minimum Gasteiger partial charge on any atom is -0.490 e. The van der Waals surface area contributed by atoms with E-state index in [0.717, 1.165) is 17.8 Å². The van der Waals surface area contributed by atoms with E-state index in [1.165, 1.54) is 18.2 Å². The first-order chi connectivity index (χ1) is 15.0. The number of likely N-dealkylation sites (N-methyl/N-ethyl adjacent to an activating group) is 1. The Morgan fingerprint density at radius 3 is 2.66 bits per heavy atom. The van der Waals surface area contributed by atoms with Gasteiger partial charge in [0.1, 0.15) is 18.2 Å². The molecule has 0 bridgehead atoms. The van der Waals surface area contributed by atoms with E-state index in [0.29, 0.717) is 42.3 Å². The van der Waals surface area contributed by atoms with Crippen molar-refractivity contribution in [1.29, 1.82) is 0 Å². The molecular formula is C21H23F3N4O3S. The second-order valence-electron chi connectivity index (χ2n) is 7.66. The van der Waals surface area contributed by atoms with Crippen LogP contribution >= 0.6 is 0 Å². The molecule has 172 valence electrons. The zero-order valence-corrected chi connectivity index (χ0v) is 18.6. The van der Waals surface area contributed by atoms with Crippen molar-refractivity contribution >= 4 is 26.7 Å². The number of nitrogens with zero attached hydrogens (tertiary/aromatic N) is 3. The maximum atomic E-state index is 13.1. The molecule has 1 aliphatic heterocycles. The number of sulfonamides is 1. The Kier molecular flexibility index (Phi) is 5.58. The van der Waals surface area contributed by atoms with Crippen LogP contribution in [0.1, 0.15) is 31.3 Å². The van der Waals surface area contributed by atoms with Gasteiger partial charge in [-0.2, -0.15) is 13.2 Å². The number of ether oxygens (including phenoxy) is 1. The summed E-state index contributed by atoms with van der Waals surface area (Å²) in [4.78, 5) is 6.42. The van der Waals surface area contributed by atoms with E-state index in [2.05, 4.69) is 9.71 Å². The van der Waals surface area contributed by atoms with E-state index in [1.54, 1.807) is 24.5 Å². The summed E-state index contributed by atoms with van der Waals surface area (Å²) in [5, 5.41) is 0. The van der Waals surface area contributed by atoms with Crippen LogP contribution in [0.25, 0.3) is 11.0 Å². The molecule has 1 N–H and O–H groups in total. The highest BCUT2D eigenvalue weighted by molar-refractivity contribution is 7.89. The Labute approximate surface area is 183 Å². The van der Waals surface area contributed by atoms with Crippen molar-refractivity contribution in [3.63, 3.8) is 0 Å². The SMILES string of the molecule is CCn1c(C(C)NS(=O)(=O)c2ccc3c(c2)OCCN3C)nc2ccc(C(F)(F)F)cc21. The number of aromatic nitrogens is 2. The first-order valence-corrected chi connectivity index (χ1v) is 11.6. The van der Waals surface area contributed by atoms with Crippen molar-refractivity contribution in [3.05, 3.63) is 47.8 Å². The number of anilines is 1. The molecule has 0 aliphatic carbocycles. The highest BCUT2D eigenvalue weighted by Crippen LogP contribution is 2.34. The lowest BCUT2D eigenvalue weighted by Crippen LogP contribution is -2.30. The van der Waals surface area contributed by atoms with Gasteiger partial charge in [0.25, 0.3) is 0 Å². The standard InChI is InChI=1S/C21H23F3N4O3S/c1-4-28-18-11-14(21(22,23)24)5-7-16(18)25-20(28)13(2)26-32(29,30)15-6-8-17-19(12-15)31-10-9-27(17)3/h5-8,11-13,26H,4,9-10H2,1-3H3. The van der Waals surface area contributed by atoms with Gasteiger partial charge < -0.3 is 14.2 Å². The Morgan fingerprint density at radius 1 is 1.22 bits per heavy atom. The van der Waals surface area contributed by atoms with Gasteiger partial charge in [0.15, 0.2) is 0 Å². The molecule has 1 unspecified atom stereocenters. The quantitative estimate of drug-likeness (QED) is 0.614. The van der Waals surface area contributed by atoms with Crippen molar-refractivity contribution in [2.45, 2.75) is 37.5 Å². The van der Waals surface area contributed by atoms with Crippen LogP contribution in [0.3, 0.4) is 0 Å². The molecule has 2 heterocycles. The molecule has 0 saturated carbocycles. The molecule has 0 fully saturated rings. The van der Waals surface area contributed by atoms with E-state index in [4.69, 9.17) is 4.74 Å². The Morgan fingerprint density at radius 2 is 1.97 bits per heavy atom. The van der Waals surface area contributed by atoms with E-state index in [1.807, 2.05) is 11.9 Å². The topological polar surface area (TPSA) is 76.5 Å². The van der Waals surface area contributed by atoms with Crippen molar-refractivity contribution < 1.29 is 26.3 Å².